The number of ether oxygens (including phenoxy) is 1. The molecule has 0 saturated carbocycles. The van der Waals surface area contributed by atoms with E-state index in [-0.39, 0.29) is 0 Å². The van der Waals surface area contributed by atoms with Gasteiger partial charge in [-0.3, -0.25) is 0 Å². The Balaban J connectivity index is 2.07. The van der Waals surface area contributed by atoms with Gasteiger partial charge in [0.25, 0.3) is 0 Å². The van der Waals surface area contributed by atoms with Crippen LogP contribution in [0.25, 0.3) is 0 Å². The van der Waals surface area contributed by atoms with Crippen molar-refractivity contribution in [3.63, 3.8) is 0 Å². The van der Waals surface area contributed by atoms with E-state index in [4.69, 9.17) is 4.74 Å². The molecule has 0 bridgehead atoms. The molecule has 0 heterocycles. The summed E-state index contributed by atoms with van der Waals surface area (Å²) in [5.41, 5.74) is 0. The molecule has 1 atom stereocenters. The van der Waals surface area contributed by atoms with Crippen LogP contribution in [0.1, 0.15) is 0 Å². The molecule has 0 aliphatic rings. The van der Waals surface area contributed by atoms with Gasteiger partial charge >= 0.3 is 0 Å². The molecule has 0 spiro atoms. The van der Waals surface area contributed by atoms with Crippen molar-refractivity contribution in [2.24, 2.45) is 0 Å². The number of hydrogen-bond donors (Lipinski definition) is 2. The maximum absolute atomic E-state index is 9.76. The number of rotatable bonds is 10. The minimum Gasteiger partial charge on any atom is -0.491 e. The molecular weight excluding hydrogens is 326 g/mol. The molecule has 1 aromatic rings. The van der Waals surface area contributed by atoms with E-state index in [9.17, 15) is 5.11 Å². The molecule has 0 aliphatic heterocycles. The third-order valence-corrected chi connectivity index (χ3v) is 3.73. The van der Waals surface area contributed by atoms with Crippen LogP contribution in [-0.2, 0) is 0 Å². The quantitative estimate of drug-likeness (QED) is 0.505. The van der Waals surface area contributed by atoms with Crippen LogP contribution in [0.4, 0.5) is 0 Å². The lowest BCUT2D eigenvalue weighted by molar-refractivity contribution is 0.107. The van der Waals surface area contributed by atoms with Crippen molar-refractivity contribution in [3.8, 4) is 5.75 Å². The smallest absolute Gasteiger partial charge is 0.120 e. The number of hydrogen-bond acceptors (Lipinski definition) is 4. The molecule has 0 fully saturated rings. The summed E-state index contributed by atoms with van der Waals surface area (Å²) in [5, 5.41) is 13.0. The Kier molecular flexibility index (Phi) is 8.99. The van der Waals surface area contributed by atoms with Crippen LogP contribution < -0.4 is 10.1 Å². The fourth-order valence-corrected chi connectivity index (χ4v) is 2.39. The van der Waals surface area contributed by atoms with Gasteiger partial charge in [-0.15, -0.1) is 6.58 Å². The summed E-state index contributed by atoms with van der Waals surface area (Å²) in [6.45, 7) is 5.39. The van der Waals surface area contributed by atoms with Gasteiger partial charge in [0, 0.05) is 29.1 Å². The van der Waals surface area contributed by atoms with Crippen LogP contribution in [-0.4, -0.2) is 42.4 Å². The van der Waals surface area contributed by atoms with E-state index in [1.807, 2.05) is 42.1 Å². The zero-order valence-corrected chi connectivity index (χ0v) is 13.3. The number of aliphatic hydroxyl groups is 1. The van der Waals surface area contributed by atoms with Gasteiger partial charge in [0.05, 0.1) is 0 Å². The monoisotopic (exact) mass is 345 g/mol. The number of aliphatic hydroxyl groups excluding tert-OH is 1. The van der Waals surface area contributed by atoms with E-state index >= 15 is 0 Å². The van der Waals surface area contributed by atoms with E-state index < -0.39 is 6.10 Å². The second-order valence-corrected chi connectivity index (χ2v) is 6.06. The third kappa shape index (κ3) is 8.31. The maximum Gasteiger partial charge on any atom is 0.120 e. The molecule has 2 N–H and O–H groups in total. The summed E-state index contributed by atoms with van der Waals surface area (Å²) in [6, 6.07) is 7.59. The first-order valence-corrected chi connectivity index (χ1v) is 8.13. The summed E-state index contributed by atoms with van der Waals surface area (Å²) in [7, 11) is 0. The minimum absolute atomic E-state index is 0.295. The molecule has 0 saturated heterocycles. The van der Waals surface area contributed by atoms with Crippen molar-refractivity contribution in [2.45, 2.75) is 6.10 Å². The van der Waals surface area contributed by atoms with Gasteiger partial charge in [0.15, 0.2) is 0 Å². The third-order valence-electron chi connectivity index (χ3n) is 2.28. The molecule has 3 nitrogen and oxygen atoms in total. The highest BCUT2D eigenvalue weighted by Crippen LogP contribution is 2.17. The highest BCUT2D eigenvalue weighted by molar-refractivity contribution is 9.10. The summed E-state index contributed by atoms with van der Waals surface area (Å²) in [6.07, 6.45) is 1.40. The largest absolute Gasteiger partial charge is 0.491 e. The number of nitrogens with one attached hydrogen (secondary N) is 1. The average Bonchev–Trinajstić information content (AvgIpc) is 2.40. The van der Waals surface area contributed by atoms with Gasteiger partial charge in [-0.1, -0.05) is 28.1 Å². The van der Waals surface area contributed by atoms with E-state index in [1.165, 1.54) is 0 Å². The minimum atomic E-state index is -0.497. The van der Waals surface area contributed by atoms with Crippen molar-refractivity contribution >= 4 is 27.7 Å². The molecular formula is C14H20BrNO2S. The van der Waals surface area contributed by atoms with Crippen molar-refractivity contribution < 1.29 is 9.84 Å². The van der Waals surface area contributed by atoms with Crippen LogP contribution in [0.2, 0.25) is 0 Å². The Bertz CT molecular complexity index is 376. The fourth-order valence-electron chi connectivity index (χ4n) is 1.39. The summed E-state index contributed by atoms with van der Waals surface area (Å²) in [4.78, 5) is 0. The van der Waals surface area contributed by atoms with E-state index in [2.05, 4.69) is 27.8 Å². The zero-order valence-electron chi connectivity index (χ0n) is 10.8. The summed E-state index contributed by atoms with van der Waals surface area (Å²) < 4.78 is 6.48. The first-order valence-electron chi connectivity index (χ1n) is 6.18. The average molecular weight is 346 g/mol. The highest BCUT2D eigenvalue weighted by Gasteiger charge is 2.04. The standard InChI is InChI=1S/C14H20BrNO2S/c1-2-7-19-8-6-16-10-13(17)11-18-14-5-3-4-12(15)9-14/h2-5,9,13,16-17H,1,6-8,10-11H2. The van der Waals surface area contributed by atoms with Crippen molar-refractivity contribution in [2.75, 3.05) is 31.2 Å². The normalized spacial score (nSPS) is 12.1. The Hall–Kier alpha value is -0.490. The van der Waals surface area contributed by atoms with Crippen molar-refractivity contribution in [1.82, 2.24) is 5.32 Å². The topological polar surface area (TPSA) is 41.5 Å². The summed E-state index contributed by atoms with van der Waals surface area (Å²) in [5.74, 6) is 2.75. The van der Waals surface area contributed by atoms with Gasteiger partial charge < -0.3 is 15.2 Å². The summed E-state index contributed by atoms with van der Waals surface area (Å²) >= 11 is 5.19. The predicted octanol–water partition coefficient (Wildman–Crippen LogP) is 2.70. The van der Waals surface area contributed by atoms with Gasteiger partial charge in [-0.25, -0.2) is 0 Å². The molecule has 0 aliphatic carbocycles. The van der Waals surface area contributed by atoms with Crippen LogP contribution in [0.5, 0.6) is 5.75 Å². The van der Waals surface area contributed by atoms with Crippen LogP contribution in [0, 0.1) is 0 Å². The fraction of sp³-hybridized carbons (Fsp3) is 0.429. The van der Waals surface area contributed by atoms with Gasteiger partial charge in [0.1, 0.15) is 18.5 Å². The van der Waals surface area contributed by atoms with Crippen LogP contribution in [0.3, 0.4) is 0 Å². The van der Waals surface area contributed by atoms with E-state index in [1.54, 1.807) is 0 Å². The number of halogens is 1. The maximum atomic E-state index is 9.76. The Morgan fingerprint density at radius 3 is 3.11 bits per heavy atom. The Labute approximate surface area is 127 Å². The van der Waals surface area contributed by atoms with Gasteiger partial charge in [0.2, 0.25) is 0 Å². The molecule has 0 aromatic heterocycles. The molecule has 0 radical (unpaired) electrons. The molecule has 1 unspecified atom stereocenters. The number of thioether (sulfide) groups is 1. The molecule has 106 valence electrons. The SMILES string of the molecule is C=CCSCCNCC(O)COc1cccc(Br)c1. The second kappa shape index (κ2) is 10.3. The second-order valence-electron chi connectivity index (χ2n) is 3.99. The molecule has 1 rings (SSSR count). The zero-order chi connectivity index (χ0) is 13.9. The van der Waals surface area contributed by atoms with E-state index in [0.717, 1.165) is 28.3 Å². The Morgan fingerprint density at radius 2 is 2.37 bits per heavy atom. The van der Waals surface area contributed by atoms with Crippen LogP contribution in [0.15, 0.2) is 41.4 Å². The predicted molar refractivity (Wildman–Crippen MR) is 86.0 cm³/mol. The molecule has 5 heteroatoms. The highest BCUT2D eigenvalue weighted by atomic mass is 79.9. The van der Waals surface area contributed by atoms with Gasteiger partial charge in [-0.2, -0.15) is 11.8 Å². The number of benzene rings is 1. The molecule has 19 heavy (non-hydrogen) atoms. The lowest BCUT2D eigenvalue weighted by atomic mass is 10.3. The van der Waals surface area contributed by atoms with E-state index in [0.29, 0.717) is 13.2 Å². The first-order chi connectivity index (χ1) is 9.22. The van der Waals surface area contributed by atoms with Crippen molar-refractivity contribution in [3.05, 3.63) is 41.4 Å². The lowest BCUT2D eigenvalue weighted by Gasteiger charge is -2.13. The van der Waals surface area contributed by atoms with Gasteiger partial charge in [-0.05, 0) is 18.2 Å². The lowest BCUT2D eigenvalue weighted by Crippen LogP contribution is -2.32. The Morgan fingerprint density at radius 1 is 1.53 bits per heavy atom. The van der Waals surface area contributed by atoms with Crippen LogP contribution >= 0.6 is 27.7 Å². The molecule has 1 aromatic carbocycles. The first kappa shape index (κ1) is 16.6. The molecule has 0 amide bonds. The van der Waals surface area contributed by atoms with Crippen molar-refractivity contribution in [1.29, 1.82) is 0 Å².